The summed E-state index contributed by atoms with van der Waals surface area (Å²) in [4.78, 5) is 19.5. The number of hydrogen-bond acceptors (Lipinski definition) is 5. The van der Waals surface area contributed by atoms with Gasteiger partial charge in [-0.25, -0.2) is 0 Å². The molecule has 0 aliphatic rings. The molecule has 0 spiro atoms. The Labute approximate surface area is 137 Å². The van der Waals surface area contributed by atoms with Crippen LogP contribution >= 0.6 is 0 Å². The predicted octanol–water partition coefficient (Wildman–Crippen LogP) is 1.21. The molecule has 0 rings (SSSR count). The maximum absolute atomic E-state index is 9.87. The van der Waals surface area contributed by atoms with E-state index in [-0.39, 0.29) is 52.2 Å². The third kappa shape index (κ3) is 356. The summed E-state index contributed by atoms with van der Waals surface area (Å²) in [7, 11) is 0. The largest absolute Gasteiger partial charge is 0.481 e. The standard InChI is InChI=1S/C4H6O3.3C3H8O.Ti/c1-3(5)2-4(6)7;3*1-3(2)4;/h2H2,1H3,(H,6,7);3*3-4H,1-2H3;. The van der Waals surface area contributed by atoms with Crippen molar-refractivity contribution in [3.05, 3.63) is 0 Å². The minimum atomic E-state index is -1.06. The molecule has 0 bridgehead atoms. The van der Waals surface area contributed by atoms with Crippen LogP contribution in [0, 0.1) is 0 Å². The zero-order valence-corrected chi connectivity index (χ0v) is 15.1. The van der Waals surface area contributed by atoms with Crippen molar-refractivity contribution in [2.45, 2.75) is 73.2 Å². The molecule has 122 valence electrons. The molecular weight excluding hydrogens is 300 g/mol. The Morgan fingerprint density at radius 2 is 0.950 bits per heavy atom. The number of ketones is 1. The summed E-state index contributed by atoms with van der Waals surface area (Å²) >= 11 is 0. The van der Waals surface area contributed by atoms with Crippen LogP contribution in [-0.4, -0.2) is 50.5 Å². The first kappa shape index (κ1) is 31.9. The summed E-state index contributed by atoms with van der Waals surface area (Å²) < 4.78 is 0. The molecule has 0 aromatic rings. The Balaban J connectivity index is -0.0000000512. The summed E-state index contributed by atoms with van der Waals surface area (Å²) in [5.41, 5.74) is 0. The van der Waals surface area contributed by atoms with Gasteiger partial charge in [0, 0.05) is 40.0 Å². The molecule has 0 unspecified atom stereocenters. The van der Waals surface area contributed by atoms with Crippen molar-refractivity contribution >= 4 is 11.8 Å². The zero-order valence-electron chi connectivity index (χ0n) is 13.5. The molecule has 0 heterocycles. The van der Waals surface area contributed by atoms with E-state index in [1.54, 1.807) is 41.5 Å². The summed E-state index contributed by atoms with van der Waals surface area (Å²) in [6.45, 7) is 11.6. The molecule has 0 saturated carbocycles. The van der Waals surface area contributed by atoms with Crippen LogP contribution < -0.4 is 0 Å². The molecule has 0 fully saturated rings. The molecule has 0 radical (unpaired) electrons. The Morgan fingerprint density at radius 3 is 0.950 bits per heavy atom. The van der Waals surface area contributed by atoms with Crippen LogP contribution in [0.5, 0.6) is 0 Å². The molecule has 7 heteroatoms. The van der Waals surface area contributed by atoms with Gasteiger partial charge < -0.3 is 20.4 Å². The summed E-state index contributed by atoms with van der Waals surface area (Å²) in [6.07, 6.45) is -0.861. The van der Waals surface area contributed by atoms with Gasteiger partial charge in [0.25, 0.3) is 0 Å². The summed E-state index contributed by atoms with van der Waals surface area (Å²) in [5.74, 6) is -1.37. The minimum absolute atomic E-state index is 0. The van der Waals surface area contributed by atoms with Crippen LogP contribution in [0.4, 0.5) is 0 Å². The van der Waals surface area contributed by atoms with Gasteiger partial charge in [0.2, 0.25) is 0 Å². The maximum Gasteiger partial charge on any atom is 0.310 e. The van der Waals surface area contributed by atoms with Crippen molar-refractivity contribution in [2.75, 3.05) is 0 Å². The average Bonchev–Trinajstić information content (AvgIpc) is 1.95. The number of carboxylic acid groups (broad SMARTS) is 1. The fraction of sp³-hybridized carbons (Fsp3) is 0.846. The fourth-order valence-electron chi connectivity index (χ4n) is 0.213. The van der Waals surface area contributed by atoms with E-state index >= 15 is 0 Å². The normalized spacial score (nSPS) is 8.25. The Hall–Kier alpha value is -0.266. The summed E-state index contributed by atoms with van der Waals surface area (Å²) in [6, 6.07) is 0. The van der Waals surface area contributed by atoms with E-state index in [4.69, 9.17) is 20.4 Å². The van der Waals surface area contributed by atoms with Crippen molar-refractivity contribution < 1.29 is 51.7 Å². The van der Waals surface area contributed by atoms with Crippen molar-refractivity contribution in [2.24, 2.45) is 0 Å². The molecule has 0 atom stereocenters. The Kier molecular flexibility index (Phi) is 38.0. The van der Waals surface area contributed by atoms with Gasteiger partial charge in [0.05, 0.1) is 0 Å². The summed E-state index contributed by atoms with van der Waals surface area (Å²) in [5, 5.41) is 32.0. The number of carbonyl (C=O) groups is 2. The number of aliphatic hydroxyl groups excluding tert-OH is 3. The van der Waals surface area contributed by atoms with E-state index in [9.17, 15) is 9.59 Å². The van der Waals surface area contributed by atoms with Gasteiger partial charge in [-0.3, -0.25) is 9.59 Å². The maximum atomic E-state index is 9.87. The van der Waals surface area contributed by atoms with Crippen LogP contribution in [0.15, 0.2) is 0 Å². The molecule has 0 aromatic heterocycles. The SMILES string of the molecule is CC(=O)CC(=O)O.CC(C)O.CC(C)O.CC(C)O.[Ti]. The quantitative estimate of drug-likeness (QED) is 0.447. The van der Waals surface area contributed by atoms with Gasteiger partial charge in [0.1, 0.15) is 12.2 Å². The first-order valence-electron chi connectivity index (χ1n) is 6.08. The first-order valence-corrected chi connectivity index (χ1v) is 6.08. The molecule has 20 heavy (non-hydrogen) atoms. The van der Waals surface area contributed by atoms with Crippen LogP contribution in [0.2, 0.25) is 0 Å². The number of rotatable bonds is 2. The molecular formula is C13H30O6Ti. The first-order chi connectivity index (χ1) is 8.32. The number of aliphatic carboxylic acids is 1. The van der Waals surface area contributed by atoms with E-state index in [1.165, 1.54) is 6.92 Å². The topological polar surface area (TPSA) is 115 Å². The molecule has 6 nitrogen and oxygen atoms in total. The predicted molar refractivity (Wildman–Crippen MR) is 75.0 cm³/mol. The fourth-order valence-corrected chi connectivity index (χ4v) is 0.213. The second-order valence-electron chi connectivity index (χ2n) is 4.55. The number of hydrogen-bond donors (Lipinski definition) is 4. The van der Waals surface area contributed by atoms with Crippen molar-refractivity contribution in [3.63, 3.8) is 0 Å². The van der Waals surface area contributed by atoms with Crippen molar-refractivity contribution in [1.29, 1.82) is 0 Å². The van der Waals surface area contributed by atoms with Crippen molar-refractivity contribution in [1.82, 2.24) is 0 Å². The number of aliphatic hydroxyl groups is 3. The Bertz CT molecular complexity index is 171. The monoisotopic (exact) mass is 330 g/mol. The van der Waals surface area contributed by atoms with E-state index in [0.717, 1.165) is 0 Å². The van der Waals surface area contributed by atoms with Gasteiger partial charge in [-0.1, -0.05) is 0 Å². The molecule has 0 aliphatic heterocycles. The molecule has 0 aromatic carbocycles. The average molecular weight is 330 g/mol. The smallest absolute Gasteiger partial charge is 0.310 e. The van der Waals surface area contributed by atoms with Crippen LogP contribution in [-0.2, 0) is 31.3 Å². The Morgan fingerprint density at radius 1 is 0.800 bits per heavy atom. The van der Waals surface area contributed by atoms with Crippen LogP contribution in [0.1, 0.15) is 54.9 Å². The van der Waals surface area contributed by atoms with Gasteiger partial charge in [-0.15, -0.1) is 0 Å². The second kappa shape index (κ2) is 23.8. The van der Waals surface area contributed by atoms with Crippen LogP contribution in [0.25, 0.3) is 0 Å². The van der Waals surface area contributed by atoms with Crippen LogP contribution in [0.3, 0.4) is 0 Å². The van der Waals surface area contributed by atoms with Gasteiger partial charge in [0.15, 0.2) is 0 Å². The molecule has 0 aliphatic carbocycles. The molecule has 0 amide bonds. The number of carboxylic acids is 1. The van der Waals surface area contributed by atoms with Gasteiger partial charge in [-0.05, 0) is 48.5 Å². The minimum Gasteiger partial charge on any atom is -0.481 e. The number of Topliss-reactive ketones (excluding diaryl/α,β-unsaturated/α-hetero) is 1. The third-order valence-electron chi connectivity index (χ3n) is 0.400. The van der Waals surface area contributed by atoms with E-state index in [1.807, 2.05) is 0 Å². The molecule has 4 N–H and O–H groups in total. The van der Waals surface area contributed by atoms with Gasteiger partial charge >= 0.3 is 5.97 Å². The van der Waals surface area contributed by atoms with E-state index < -0.39 is 5.97 Å². The second-order valence-corrected chi connectivity index (χ2v) is 4.55. The zero-order chi connectivity index (χ0) is 16.6. The molecule has 0 saturated heterocycles. The van der Waals surface area contributed by atoms with E-state index in [2.05, 4.69) is 0 Å². The van der Waals surface area contributed by atoms with E-state index in [0.29, 0.717) is 0 Å². The van der Waals surface area contributed by atoms with Crippen molar-refractivity contribution in [3.8, 4) is 0 Å². The van der Waals surface area contributed by atoms with Gasteiger partial charge in [-0.2, -0.15) is 0 Å². The third-order valence-corrected chi connectivity index (χ3v) is 0.400. The number of carbonyl (C=O) groups excluding carboxylic acids is 1.